The first-order valence-electron chi connectivity index (χ1n) is 9.16. The van der Waals surface area contributed by atoms with Gasteiger partial charge < -0.3 is 9.80 Å². The average molecular weight is 332 g/mol. The molecule has 2 aliphatic heterocycles. The molecule has 25 heavy (non-hydrogen) atoms. The second-order valence-corrected chi connectivity index (χ2v) is 6.84. The molecule has 0 radical (unpaired) electrons. The van der Waals surface area contributed by atoms with Crippen molar-refractivity contribution < 1.29 is 4.79 Å². The molecule has 128 valence electrons. The minimum atomic E-state index is 0.236. The fourth-order valence-corrected chi connectivity index (χ4v) is 3.85. The number of rotatable bonds is 3. The summed E-state index contributed by atoms with van der Waals surface area (Å²) in [6.45, 7) is 3.00. The first kappa shape index (κ1) is 15.9. The number of aryl methyl sites for hydroxylation is 1. The van der Waals surface area contributed by atoms with Gasteiger partial charge in [-0.15, -0.1) is 0 Å². The van der Waals surface area contributed by atoms with E-state index in [-0.39, 0.29) is 5.91 Å². The van der Waals surface area contributed by atoms with Gasteiger partial charge in [0.1, 0.15) is 0 Å². The number of nitrogens with zero attached hydrogens (tertiary/aromatic N) is 2. The standard InChI is InChI=1S/C22H24N2O/c25-22(17-24-14-6-10-20-9-4-5-11-21(20)24)23-15-12-19(13-16-23)18-7-2-1-3-8-18/h1-5,7-9,11-12H,6,10,13-17H2. The van der Waals surface area contributed by atoms with Gasteiger partial charge in [0.15, 0.2) is 0 Å². The molecule has 0 fully saturated rings. The van der Waals surface area contributed by atoms with Crippen molar-refractivity contribution in [3.63, 3.8) is 0 Å². The predicted molar refractivity (Wildman–Crippen MR) is 103 cm³/mol. The van der Waals surface area contributed by atoms with E-state index in [4.69, 9.17) is 0 Å². The van der Waals surface area contributed by atoms with Crippen molar-refractivity contribution in [2.24, 2.45) is 0 Å². The van der Waals surface area contributed by atoms with Crippen LogP contribution in [-0.2, 0) is 11.2 Å². The normalized spacial score (nSPS) is 17.0. The summed E-state index contributed by atoms with van der Waals surface area (Å²) in [5.41, 5.74) is 5.23. The zero-order valence-electron chi connectivity index (χ0n) is 14.5. The fourth-order valence-electron chi connectivity index (χ4n) is 3.85. The topological polar surface area (TPSA) is 23.6 Å². The molecule has 0 unspecified atom stereocenters. The first-order chi connectivity index (χ1) is 12.3. The second-order valence-electron chi connectivity index (χ2n) is 6.84. The zero-order valence-corrected chi connectivity index (χ0v) is 14.5. The van der Waals surface area contributed by atoms with Gasteiger partial charge in [0.05, 0.1) is 6.54 Å². The Labute approximate surface area is 149 Å². The first-order valence-corrected chi connectivity index (χ1v) is 9.16. The van der Waals surface area contributed by atoms with Crippen molar-refractivity contribution in [2.45, 2.75) is 19.3 Å². The summed E-state index contributed by atoms with van der Waals surface area (Å²) in [7, 11) is 0. The Kier molecular flexibility index (Phi) is 4.55. The lowest BCUT2D eigenvalue weighted by Crippen LogP contribution is -2.43. The lowest BCUT2D eigenvalue weighted by atomic mass is 9.99. The number of amides is 1. The van der Waals surface area contributed by atoms with E-state index < -0.39 is 0 Å². The molecule has 3 heteroatoms. The van der Waals surface area contributed by atoms with Gasteiger partial charge in [-0.3, -0.25) is 4.79 Å². The van der Waals surface area contributed by atoms with Gasteiger partial charge in [0, 0.05) is 25.3 Å². The largest absolute Gasteiger partial charge is 0.362 e. The fraction of sp³-hybridized carbons (Fsp3) is 0.318. The van der Waals surface area contributed by atoms with Crippen molar-refractivity contribution in [1.82, 2.24) is 4.90 Å². The van der Waals surface area contributed by atoms with E-state index >= 15 is 0 Å². The van der Waals surface area contributed by atoms with E-state index in [9.17, 15) is 4.79 Å². The van der Waals surface area contributed by atoms with Crippen LogP contribution in [0.25, 0.3) is 5.57 Å². The molecule has 0 aromatic heterocycles. The highest BCUT2D eigenvalue weighted by molar-refractivity contribution is 5.83. The maximum atomic E-state index is 12.8. The van der Waals surface area contributed by atoms with E-state index in [1.807, 2.05) is 11.0 Å². The number of benzene rings is 2. The molecule has 0 aliphatic carbocycles. The Bertz CT molecular complexity index is 782. The van der Waals surface area contributed by atoms with Crippen LogP contribution in [0.15, 0.2) is 60.7 Å². The molecule has 2 aromatic rings. The van der Waals surface area contributed by atoms with Gasteiger partial charge >= 0.3 is 0 Å². The Hall–Kier alpha value is -2.55. The van der Waals surface area contributed by atoms with Crippen LogP contribution >= 0.6 is 0 Å². The zero-order chi connectivity index (χ0) is 17.1. The maximum absolute atomic E-state index is 12.8. The SMILES string of the molecule is O=C(CN1CCCc2ccccc21)N1CC=C(c2ccccc2)CC1. The van der Waals surface area contributed by atoms with E-state index in [1.165, 1.54) is 22.4 Å². The van der Waals surface area contributed by atoms with Gasteiger partial charge in [-0.05, 0) is 42.0 Å². The lowest BCUT2D eigenvalue weighted by molar-refractivity contribution is -0.129. The van der Waals surface area contributed by atoms with Crippen LogP contribution in [0.3, 0.4) is 0 Å². The van der Waals surface area contributed by atoms with Crippen molar-refractivity contribution in [3.05, 3.63) is 71.8 Å². The van der Waals surface area contributed by atoms with Crippen LogP contribution in [0.1, 0.15) is 24.0 Å². The van der Waals surface area contributed by atoms with Crippen molar-refractivity contribution in [3.8, 4) is 0 Å². The number of hydrogen-bond acceptors (Lipinski definition) is 2. The summed E-state index contributed by atoms with van der Waals surface area (Å²) >= 11 is 0. The van der Waals surface area contributed by atoms with Crippen LogP contribution in [0.4, 0.5) is 5.69 Å². The molecule has 3 nitrogen and oxygen atoms in total. The minimum absolute atomic E-state index is 0.236. The Morgan fingerprint density at radius 2 is 1.72 bits per heavy atom. The summed E-state index contributed by atoms with van der Waals surface area (Å²) < 4.78 is 0. The van der Waals surface area contributed by atoms with Gasteiger partial charge in [-0.2, -0.15) is 0 Å². The number of hydrogen-bond donors (Lipinski definition) is 0. The van der Waals surface area contributed by atoms with Crippen molar-refractivity contribution in [2.75, 3.05) is 31.1 Å². The summed E-state index contributed by atoms with van der Waals surface area (Å²) in [4.78, 5) is 17.0. The van der Waals surface area contributed by atoms with E-state index in [2.05, 4.69) is 59.5 Å². The van der Waals surface area contributed by atoms with Gasteiger partial charge in [0.25, 0.3) is 0 Å². The molecule has 0 saturated heterocycles. The molecular weight excluding hydrogens is 308 g/mol. The average Bonchev–Trinajstić information content (AvgIpc) is 2.69. The monoisotopic (exact) mass is 332 g/mol. The third-order valence-electron chi connectivity index (χ3n) is 5.24. The van der Waals surface area contributed by atoms with Gasteiger partial charge in [-0.1, -0.05) is 54.6 Å². The molecular formula is C22H24N2O. The van der Waals surface area contributed by atoms with Crippen LogP contribution in [-0.4, -0.2) is 37.0 Å². The van der Waals surface area contributed by atoms with Crippen LogP contribution in [0.5, 0.6) is 0 Å². The summed E-state index contributed by atoms with van der Waals surface area (Å²) in [5.74, 6) is 0.236. The molecule has 0 spiro atoms. The molecule has 0 atom stereocenters. The van der Waals surface area contributed by atoms with E-state index in [0.717, 1.165) is 38.9 Å². The number of anilines is 1. The molecule has 0 bridgehead atoms. The molecule has 0 saturated carbocycles. The predicted octanol–water partition coefficient (Wildman–Crippen LogP) is 3.76. The quantitative estimate of drug-likeness (QED) is 0.854. The number of fused-ring (bicyclic) bond motifs is 1. The van der Waals surface area contributed by atoms with Crippen molar-refractivity contribution >= 4 is 17.2 Å². The highest BCUT2D eigenvalue weighted by Crippen LogP contribution is 2.27. The summed E-state index contributed by atoms with van der Waals surface area (Å²) in [6.07, 6.45) is 5.39. The van der Waals surface area contributed by atoms with Gasteiger partial charge in [0.2, 0.25) is 5.91 Å². The molecule has 2 aliphatic rings. The third-order valence-corrected chi connectivity index (χ3v) is 5.24. The Morgan fingerprint density at radius 3 is 2.52 bits per heavy atom. The van der Waals surface area contributed by atoms with Crippen LogP contribution < -0.4 is 4.90 Å². The van der Waals surface area contributed by atoms with Crippen molar-refractivity contribution in [1.29, 1.82) is 0 Å². The van der Waals surface area contributed by atoms with Crippen LogP contribution in [0, 0.1) is 0 Å². The number of carbonyl (C=O) groups excluding carboxylic acids is 1. The molecule has 2 aromatic carbocycles. The number of para-hydroxylation sites is 1. The Balaban J connectivity index is 1.41. The molecule has 0 N–H and O–H groups in total. The molecule has 1 amide bonds. The molecule has 4 rings (SSSR count). The maximum Gasteiger partial charge on any atom is 0.242 e. The third kappa shape index (κ3) is 3.46. The second kappa shape index (κ2) is 7.14. The lowest BCUT2D eigenvalue weighted by Gasteiger charge is -2.34. The highest BCUT2D eigenvalue weighted by atomic mass is 16.2. The van der Waals surface area contributed by atoms with Gasteiger partial charge in [-0.25, -0.2) is 0 Å². The smallest absolute Gasteiger partial charge is 0.242 e. The highest BCUT2D eigenvalue weighted by Gasteiger charge is 2.23. The minimum Gasteiger partial charge on any atom is -0.362 e. The van der Waals surface area contributed by atoms with Crippen LogP contribution in [0.2, 0.25) is 0 Å². The van der Waals surface area contributed by atoms with E-state index in [1.54, 1.807) is 0 Å². The summed E-state index contributed by atoms with van der Waals surface area (Å²) in [5, 5.41) is 0. The summed E-state index contributed by atoms with van der Waals surface area (Å²) in [6, 6.07) is 19.0. The Morgan fingerprint density at radius 1 is 0.920 bits per heavy atom. The number of carbonyl (C=O) groups is 1. The van der Waals surface area contributed by atoms with E-state index in [0.29, 0.717) is 6.54 Å². The molecule has 2 heterocycles.